The fraction of sp³-hybridized carbons (Fsp3) is 0.714. The second-order valence-corrected chi connectivity index (χ2v) is 9.09. The third-order valence-corrected chi connectivity index (χ3v) is 7.07. The minimum Gasteiger partial charge on any atom is -0.369 e. The predicted molar refractivity (Wildman–Crippen MR) is 78.1 cm³/mol. The largest absolute Gasteiger partial charge is 0.369 e. The molecule has 2 saturated heterocycles. The van der Waals surface area contributed by atoms with E-state index in [0.29, 0.717) is 6.54 Å². The molecule has 0 radical (unpaired) electrons. The fourth-order valence-electron chi connectivity index (χ4n) is 3.28. The molecule has 4 rings (SSSR count). The van der Waals surface area contributed by atoms with Crippen molar-refractivity contribution in [2.45, 2.75) is 35.9 Å². The average Bonchev–Trinajstić information content (AvgIpc) is 2.99. The lowest BCUT2D eigenvalue weighted by Gasteiger charge is -2.52. The van der Waals surface area contributed by atoms with Crippen molar-refractivity contribution in [3.8, 4) is 0 Å². The summed E-state index contributed by atoms with van der Waals surface area (Å²) in [6.45, 7) is 0.709. The summed E-state index contributed by atoms with van der Waals surface area (Å²) in [4.78, 5) is 17.2. The van der Waals surface area contributed by atoms with Crippen LogP contribution in [-0.4, -0.2) is 70.7 Å². The van der Waals surface area contributed by atoms with Crippen LogP contribution in [0.1, 0.15) is 12.8 Å². The second-order valence-electron chi connectivity index (χ2n) is 6.81. The Balaban J connectivity index is 1.40. The van der Waals surface area contributed by atoms with Crippen molar-refractivity contribution in [3.63, 3.8) is 0 Å². The van der Waals surface area contributed by atoms with Crippen molar-refractivity contribution < 1.29 is 22.3 Å². The number of ether oxygens (including phenoxy) is 1. The Morgan fingerprint density at radius 2 is 2.13 bits per heavy atom. The Labute approximate surface area is 133 Å². The number of hydrogen-bond donors (Lipinski definition) is 0. The van der Waals surface area contributed by atoms with Crippen LogP contribution in [-0.2, 0) is 25.9 Å². The summed E-state index contributed by atoms with van der Waals surface area (Å²) in [5.74, 6) is -0.646. The van der Waals surface area contributed by atoms with Crippen LogP contribution in [0.25, 0.3) is 0 Å². The van der Waals surface area contributed by atoms with E-state index in [1.165, 1.54) is 4.90 Å². The Hall–Kier alpha value is -1.48. The van der Waals surface area contributed by atoms with Crippen molar-refractivity contribution in [3.05, 3.63) is 18.7 Å². The van der Waals surface area contributed by atoms with Gasteiger partial charge in [-0.1, -0.05) is 0 Å². The molecule has 1 aromatic rings. The number of sulfone groups is 1. The number of imidazole rings is 1. The number of aromatic nitrogens is 2. The summed E-state index contributed by atoms with van der Waals surface area (Å²) < 4.78 is 46.3. The third kappa shape index (κ3) is 2.55. The van der Waals surface area contributed by atoms with E-state index >= 15 is 0 Å². The number of amides is 1. The smallest absolute Gasteiger partial charge is 0.260 e. The molecule has 0 N–H and O–H groups in total. The maximum Gasteiger partial charge on any atom is 0.260 e. The molecule has 0 aromatic carbocycles. The molecule has 3 heterocycles. The number of halogens is 1. The van der Waals surface area contributed by atoms with Crippen molar-refractivity contribution in [2.75, 3.05) is 25.4 Å². The number of carbonyl (C=O) groups is 1. The topological polar surface area (TPSA) is 81.5 Å². The summed E-state index contributed by atoms with van der Waals surface area (Å²) >= 11 is 0. The first kappa shape index (κ1) is 15.1. The lowest BCUT2D eigenvalue weighted by molar-refractivity contribution is -0.171. The Morgan fingerprint density at radius 3 is 2.70 bits per heavy atom. The van der Waals surface area contributed by atoms with Gasteiger partial charge in [-0.25, -0.2) is 17.8 Å². The molecule has 3 fully saturated rings. The molecule has 0 unspecified atom stereocenters. The highest BCUT2D eigenvalue weighted by atomic mass is 32.2. The molecule has 3 aliphatic rings. The standard InChI is InChI=1S/C14H18FN3O4S/c15-14(1-2-14)12(19)18-7-13(8-18)9-23(20,21)11(6-22-13)5-17-4-3-16-10-17/h3-4,10-11H,1-2,5-9H2/t11-/m0/s1. The summed E-state index contributed by atoms with van der Waals surface area (Å²) in [6, 6.07) is 0. The minimum absolute atomic E-state index is 0.0866. The molecule has 7 nitrogen and oxygen atoms in total. The van der Waals surface area contributed by atoms with E-state index in [9.17, 15) is 17.6 Å². The number of nitrogens with zero attached hydrogens (tertiary/aromatic N) is 3. The summed E-state index contributed by atoms with van der Waals surface area (Å²) in [5, 5.41) is -0.622. The lowest BCUT2D eigenvalue weighted by atomic mass is 9.95. The van der Waals surface area contributed by atoms with Gasteiger partial charge in [-0.2, -0.15) is 0 Å². The first-order chi connectivity index (χ1) is 10.8. The highest BCUT2D eigenvalue weighted by molar-refractivity contribution is 7.92. The van der Waals surface area contributed by atoms with Crippen LogP contribution in [0.5, 0.6) is 0 Å². The summed E-state index contributed by atoms with van der Waals surface area (Å²) in [6.07, 6.45) is 5.40. The van der Waals surface area contributed by atoms with E-state index in [4.69, 9.17) is 4.74 Å². The zero-order chi connectivity index (χ0) is 16.3. The number of rotatable bonds is 3. The van der Waals surface area contributed by atoms with E-state index in [1.54, 1.807) is 23.3 Å². The van der Waals surface area contributed by atoms with Crippen LogP contribution < -0.4 is 0 Å². The molecule has 0 bridgehead atoms. The van der Waals surface area contributed by atoms with Gasteiger partial charge in [0.05, 0.1) is 31.8 Å². The van der Waals surface area contributed by atoms with Gasteiger partial charge in [0, 0.05) is 18.9 Å². The van der Waals surface area contributed by atoms with Gasteiger partial charge in [-0.3, -0.25) is 4.79 Å². The highest BCUT2D eigenvalue weighted by Gasteiger charge is 2.60. The monoisotopic (exact) mass is 343 g/mol. The van der Waals surface area contributed by atoms with E-state index < -0.39 is 32.3 Å². The molecule has 1 aliphatic carbocycles. The summed E-state index contributed by atoms with van der Waals surface area (Å²) in [5.41, 5.74) is -2.57. The molecular formula is C14H18FN3O4S. The van der Waals surface area contributed by atoms with Crippen LogP contribution in [0.3, 0.4) is 0 Å². The van der Waals surface area contributed by atoms with Crippen LogP contribution in [0.15, 0.2) is 18.7 Å². The predicted octanol–water partition coefficient (Wildman–Crippen LogP) is -0.220. The van der Waals surface area contributed by atoms with Crippen molar-refractivity contribution in [1.29, 1.82) is 0 Å². The van der Waals surface area contributed by atoms with Crippen LogP contribution in [0.4, 0.5) is 4.39 Å². The lowest BCUT2D eigenvalue weighted by Crippen LogP contribution is -2.71. The SMILES string of the molecule is O=C(N1CC2(C1)CS(=O)(=O)[C@@H](Cn1ccnc1)CO2)C1(F)CC1. The van der Waals surface area contributed by atoms with Gasteiger partial charge in [0.25, 0.3) is 5.91 Å². The van der Waals surface area contributed by atoms with Crippen LogP contribution in [0.2, 0.25) is 0 Å². The molecule has 2 aliphatic heterocycles. The number of alkyl halides is 1. The average molecular weight is 343 g/mol. The Morgan fingerprint density at radius 1 is 1.39 bits per heavy atom. The maximum atomic E-state index is 13.8. The van der Waals surface area contributed by atoms with E-state index in [1.807, 2.05) is 0 Å². The molecule has 9 heteroatoms. The first-order valence-corrected chi connectivity index (χ1v) is 9.33. The maximum absolute atomic E-state index is 13.8. The van der Waals surface area contributed by atoms with Crippen molar-refractivity contribution >= 4 is 15.7 Å². The molecule has 126 valence electrons. The van der Waals surface area contributed by atoms with Gasteiger partial charge in [0.1, 0.15) is 10.9 Å². The normalized spacial score (nSPS) is 30.0. The zero-order valence-electron chi connectivity index (χ0n) is 12.5. The van der Waals surface area contributed by atoms with Gasteiger partial charge in [-0.15, -0.1) is 0 Å². The van der Waals surface area contributed by atoms with E-state index in [-0.39, 0.29) is 38.3 Å². The number of hydrogen-bond acceptors (Lipinski definition) is 5. The van der Waals surface area contributed by atoms with Crippen molar-refractivity contribution in [1.82, 2.24) is 14.5 Å². The van der Waals surface area contributed by atoms with Gasteiger partial charge < -0.3 is 14.2 Å². The van der Waals surface area contributed by atoms with E-state index in [0.717, 1.165) is 0 Å². The summed E-state index contributed by atoms with van der Waals surface area (Å²) in [7, 11) is -3.34. The molecular weight excluding hydrogens is 325 g/mol. The number of likely N-dealkylation sites (tertiary alicyclic amines) is 1. The minimum atomic E-state index is -3.34. The molecule has 23 heavy (non-hydrogen) atoms. The van der Waals surface area contributed by atoms with Gasteiger partial charge in [0.2, 0.25) is 0 Å². The molecule has 1 amide bonds. The quantitative estimate of drug-likeness (QED) is 0.758. The Bertz CT molecular complexity index is 723. The van der Waals surface area contributed by atoms with Gasteiger partial charge >= 0.3 is 0 Å². The third-order valence-electron chi connectivity index (χ3n) is 4.84. The molecule has 1 aromatic heterocycles. The Kier molecular flexibility index (Phi) is 3.12. The van der Waals surface area contributed by atoms with Crippen LogP contribution in [0, 0.1) is 0 Å². The van der Waals surface area contributed by atoms with Crippen molar-refractivity contribution in [2.24, 2.45) is 0 Å². The van der Waals surface area contributed by atoms with Gasteiger partial charge in [-0.05, 0) is 12.8 Å². The fourth-order valence-corrected chi connectivity index (χ4v) is 5.19. The number of carbonyl (C=O) groups excluding carboxylic acids is 1. The van der Waals surface area contributed by atoms with Gasteiger partial charge in [0.15, 0.2) is 15.5 Å². The highest BCUT2D eigenvalue weighted by Crippen LogP contribution is 2.44. The van der Waals surface area contributed by atoms with E-state index in [2.05, 4.69) is 4.98 Å². The molecule has 1 spiro atoms. The second kappa shape index (κ2) is 4.76. The molecule has 1 saturated carbocycles. The first-order valence-electron chi connectivity index (χ1n) is 7.62. The zero-order valence-corrected chi connectivity index (χ0v) is 13.3. The van der Waals surface area contributed by atoms with Crippen LogP contribution >= 0.6 is 0 Å². The molecule has 1 atom stereocenters.